The van der Waals surface area contributed by atoms with Gasteiger partial charge in [0, 0.05) is 24.7 Å². The van der Waals surface area contributed by atoms with E-state index in [1.165, 1.54) is 32.1 Å². The molecule has 0 aromatic rings. The van der Waals surface area contributed by atoms with Crippen molar-refractivity contribution in [1.82, 2.24) is 5.32 Å². The third-order valence-corrected chi connectivity index (χ3v) is 5.09. The second kappa shape index (κ2) is 5.71. The Labute approximate surface area is 118 Å². The van der Waals surface area contributed by atoms with Crippen LogP contribution in [0.5, 0.6) is 0 Å². The predicted octanol–water partition coefficient (Wildman–Crippen LogP) is 2.39. The maximum absolute atomic E-state index is 6.27. The number of nitrogens with two attached hydrogens (primary N) is 2. The van der Waals surface area contributed by atoms with Crippen LogP contribution in [0.2, 0.25) is 0 Å². The molecule has 5 N–H and O–H groups in total. The summed E-state index contributed by atoms with van der Waals surface area (Å²) in [5, 5.41) is 3.76. The molecule has 0 spiro atoms. The van der Waals surface area contributed by atoms with Gasteiger partial charge in [-0.2, -0.15) is 0 Å². The molecule has 0 radical (unpaired) electrons. The second-order valence-electron chi connectivity index (χ2n) is 8.26. The van der Waals surface area contributed by atoms with E-state index in [2.05, 4.69) is 26.1 Å². The van der Waals surface area contributed by atoms with Crippen molar-refractivity contribution < 1.29 is 0 Å². The molecule has 0 bridgehead atoms. The summed E-state index contributed by atoms with van der Waals surface area (Å²) < 4.78 is 0. The lowest BCUT2D eigenvalue weighted by Crippen LogP contribution is -2.52. The Morgan fingerprint density at radius 3 is 2.37 bits per heavy atom. The summed E-state index contributed by atoms with van der Waals surface area (Å²) in [6.07, 6.45) is 8.62. The SMILES string of the molecule is CC1(C)CC(N)CC(C)(CNC2CCCCC2N)C1. The quantitative estimate of drug-likeness (QED) is 0.735. The van der Waals surface area contributed by atoms with Gasteiger partial charge in [0.2, 0.25) is 0 Å². The highest BCUT2D eigenvalue weighted by Gasteiger charge is 2.40. The lowest BCUT2D eigenvalue weighted by atomic mass is 9.62. The first-order chi connectivity index (χ1) is 8.80. The van der Waals surface area contributed by atoms with Gasteiger partial charge in [0.15, 0.2) is 0 Å². The fourth-order valence-electron chi connectivity index (χ4n) is 4.64. The minimum absolute atomic E-state index is 0.332. The zero-order valence-electron chi connectivity index (χ0n) is 13.0. The molecule has 19 heavy (non-hydrogen) atoms. The first kappa shape index (κ1) is 15.3. The average molecular weight is 267 g/mol. The van der Waals surface area contributed by atoms with Crippen LogP contribution in [-0.4, -0.2) is 24.7 Å². The van der Waals surface area contributed by atoms with E-state index in [1.54, 1.807) is 0 Å². The molecule has 0 heterocycles. The summed E-state index contributed by atoms with van der Waals surface area (Å²) in [4.78, 5) is 0. The summed E-state index contributed by atoms with van der Waals surface area (Å²) in [6.45, 7) is 8.19. The summed E-state index contributed by atoms with van der Waals surface area (Å²) in [6, 6.07) is 1.23. The van der Waals surface area contributed by atoms with Gasteiger partial charge < -0.3 is 16.8 Å². The molecule has 2 aliphatic carbocycles. The molecule has 2 aliphatic rings. The highest BCUT2D eigenvalue weighted by Crippen LogP contribution is 2.45. The highest BCUT2D eigenvalue weighted by molar-refractivity contribution is 4.95. The van der Waals surface area contributed by atoms with Gasteiger partial charge in [0.25, 0.3) is 0 Å². The molecule has 2 saturated carbocycles. The smallest absolute Gasteiger partial charge is 0.0219 e. The first-order valence-electron chi connectivity index (χ1n) is 8.04. The minimum Gasteiger partial charge on any atom is -0.328 e. The maximum atomic E-state index is 6.27. The van der Waals surface area contributed by atoms with E-state index in [4.69, 9.17) is 11.5 Å². The van der Waals surface area contributed by atoms with Crippen LogP contribution in [0.3, 0.4) is 0 Å². The van der Waals surface area contributed by atoms with E-state index >= 15 is 0 Å². The van der Waals surface area contributed by atoms with Gasteiger partial charge in [0.1, 0.15) is 0 Å². The number of hydrogen-bond donors (Lipinski definition) is 3. The maximum Gasteiger partial charge on any atom is 0.0219 e. The van der Waals surface area contributed by atoms with E-state index in [1.807, 2.05) is 0 Å². The van der Waals surface area contributed by atoms with Gasteiger partial charge in [-0.3, -0.25) is 0 Å². The number of hydrogen-bond acceptors (Lipinski definition) is 3. The molecule has 112 valence electrons. The third kappa shape index (κ3) is 4.17. The van der Waals surface area contributed by atoms with E-state index in [0.29, 0.717) is 29.0 Å². The summed E-state index contributed by atoms with van der Waals surface area (Å²) >= 11 is 0. The summed E-state index contributed by atoms with van der Waals surface area (Å²) in [5.41, 5.74) is 13.2. The van der Waals surface area contributed by atoms with Crippen molar-refractivity contribution in [2.24, 2.45) is 22.3 Å². The highest BCUT2D eigenvalue weighted by atomic mass is 15.0. The van der Waals surface area contributed by atoms with Gasteiger partial charge in [-0.15, -0.1) is 0 Å². The zero-order chi connectivity index (χ0) is 14.1. The van der Waals surface area contributed by atoms with Crippen molar-refractivity contribution in [2.45, 2.75) is 83.8 Å². The monoisotopic (exact) mass is 267 g/mol. The van der Waals surface area contributed by atoms with Crippen LogP contribution in [0.4, 0.5) is 0 Å². The Balaban J connectivity index is 1.89. The molecule has 3 nitrogen and oxygen atoms in total. The van der Waals surface area contributed by atoms with E-state index in [9.17, 15) is 0 Å². The van der Waals surface area contributed by atoms with Crippen LogP contribution < -0.4 is 16.8 Å². The normalized spacial score (nSPS) is 43.1. The topological polar surface area (TPSA) is 64.1 Å². The molecule has 2 rings (SSSR count). The second-order valence-corrected chi connectivity index (χ2v) is 8.26. The van der Waals surface area contributed by atoms with Gasteiger partial charge >= 0.3 is 0 Å². The molecular formula is C16H33N3. The Morgan fingerprint density at radius 2 is 1.74 bits per heavy atom. The van der Waals surface area contributed by atoms with Crippen molar-refractivity contribution in [3.63, 3.8) is 0 Å². The van der Waals surface area contributed by atoms with Crippen molar-refractivity contribution >= 4 is 0 Å². The van der Waals surface area contributed by atoms with Crippen LogP contribution in [0.1, 0.15) is 65.7 Å². The lowest BCUT2D eigenvalue weighted by molar-refractivity contribution is 0.0777. The minimum atomic E-state index is 0.332. The molecule has 4 unspecified atom stereocenters. The zero-order valence-corrected chi connectivity index (χ0v) is 13.0. The Kier molecular flexibility index (Phi) is 4.59. The number of rotatable bonds is 3. The fraction of sp³-hybridized carbons (Fsp3) is 1.00. The van der Waals surface area contributed by atoms with Crippen molar-refractivity contribution in [2.75, 3.05) is 6.54 Å². The molecule has 2 fully saturated rings. The Bertz CT molecular complexity index is 302. The van der Waals surface area contributed by atoms with Crippen LogP contribution in [0.15, 0.2) is 0 Å². The van der Waals surface area contributed by atoms with Gasteiger partial charge in [-0.05, 0) is 42.9 Å². The van der Waals surface area contributed by atoms with E-state index in [-0.39, 0.29) is 0 Å². The largest absolute Gasteiger partial charge is 0.328 e. The summed E-state index contributed by atoms with van der Waals surface area (Å²) in [7, 11) is 0. The summed E-state index contributed by atoms with van der Waals surface area (Å²) in [5.74, 6) is 0. The molecule has 0 amide bonds. The molecule has 0 aromatic carbocycles. The molecule has 3 heteroatoms. The third-order valence-electron chi connectivity index (χ3n) is 5.09. The lowest BCUT2D eigenvalue weighted by Gasteiger charge is -2.46. The predicted molar refractivity (Wildman–Crippen MR) is 81.9 cm³/mol. The van der Waals surface area contributed by atoms with Crippen LogP contribution in [0.25, 0.3) is 0 Å². The Hall–Kier alpha value is -0.120. The van der Waals surface area contributed by atoms with E-state index < -0.39 is 0 Å². The van der Waals surface area contributed by atoms with Crippen LogP contribution in [0, 0.1) is 10.8 Å². The molecule has 4 atom stereocenters. The standard InChI is InChI=1S/C16H33N3/c1-15(2)8-12(17)9-16(3,10-15)11-19-14-7-5-4-6-13(14)18/h12-14,19H,4-11,17-18H2,1-3H3. The van der Waals surface area contributed by atoms with Crippen LogP contribution >= 0.6 is 0 Å². The van der Waals surface area contributed by atoms with Crippen molar-refractivity contribution in [1.29, 1.82) is 0 Å². The molecule has 0 aliphatic heterocycles. The van der Waals surface area contributed by atoms with Gasteiger partial charge in [-0.1, -0.05) is 33.6 Å². The fourth-order valence-corrected chi connectivity index (χ4v) is 4.64. The first-order valence-corrected chi connectivity index (χ1v) is 8.04. The molecule has 0 aromatic heterocycles. The Morgan fingerprint density at radius 1 is 1.05 bits per heavy atom. The molecule has 0 saturated heterocycles. The van der Waals surface area contributed by atoms with Crippen LogP contribution in [-0.2, 0) is 0 Å². The van der Waals surface area contributed by atoms with Crippen molar-refractivity contribution in [3.8, 4) is 0 Å². The average Bonchev–Trinajstić information content (AvgIpc) is 2.24. The number of nitrogens with one attached hydrogen (secondary N) is 1. The van der Waals surface area contributed by atoms with Gasteiger partial charge in [0.05, 0.1) is 0 Å². The van der Waals surface area contributed by atoms with Crippen molar-refractivity contribution in [3.05, 3.63) is 0 Å². The van der Waals surface area contributed by atoms with E-state index in [0.717, 1.165) is 19.4 Å². The molecular weight excluding hydrogens is 234 g/mol. The van der Waals surface area contributed by atoms with Gasteiger partial charge in [-0.25, -0.2) is 0 Å².